The maximum Gasteiger partial charge on any atom is 0.0738 e. The van der Waals surface area contributed by atoms with Crippen LogP contribution in [0.5, 0.6) is 0 Å². The number of rotatable bonds is 3. The van der Waals surface area contributed by atoms with Gasteiger partial charge in [-0.05, 0) is 44.8 Å². The second-order valence-corrected chi connectivity index (χ2v) is 7.90. The van der Waals surface area contributed by atoms with Crippen molar-refractivity contribution in [2.45, 2.75) is 4.83 Å². The van der Waals surface area contributed by atoms with Crippen molar-refractivity contribution in [3.05, 3.63) is 81.0 Å². The molecule has 0 aliphatic rings. The first-order chi connectivity index (χ1) is 9.74. The first-order valence-corrected chi connectivity index (χ1v) is 8.81. The number of hydrogen-bond acceptors (Lipinski definition) is 1. The molecule has 0 spiro atoms. The molecule has 20 heavy (non-hydrogen) atoms. The molecule has 3 heteroatoms. The van der Waals surface area contributed by atoms with E-state index in [-0.39, 0.29) is 4.83 Å². The van der Waals surface area contributed by atoms with Crippen LogP contribution in [0, 0.1) is 0 Å². The van der Waals surface area contributed by atoms with Crippen molar-refractivity contribution in [2.24, 2.45) is 0 Å². The van der Waals surface area contributed by atoms with Crippen molar-refractivity contribution in [3.63, 3.8) is 0 Å². The van der Waals surface area contributed by atoms with Crippen molar-refractivity contribution in [1.82, 2.24) is 0 Å². The topological polar surface area (TPSA) is 0 Å². The summed E-state index contributed by atoms with van der Waals surface area (Å²) < 4.78 is 1.16. The molecule has 1 heterocycles. The average Bonchev–Trinajstić information content (AvgIpc) is 2.94. The fraction of sp³-hybridized carbons (Fsp3) is 0.0588. The maximum absolute atomic E-state index is 3.78. The highest BCUT2D eigenvalue weighted by molar-refractivity contribution is 9.11. The molecule has 0 radical (unpaired) electrons. The predicted molar refractivity (Wildman–Crippen MR) is 94.7 cm³/mol. The summed E-state index contributed by atoms with van der Waals surface area (Å²) in [6, 6.07) is 23.4. The molecule has 0 amide bonds. The molecular weight excluding hydrogens is 396 g/mol. The average molecular weight is 408 g/mol. The molecule has 1 atom stereocenters. The van der Waals surface area contributed by atoms with E-state index in [0.29, 0.717) is 0 Å². The second-order valence-electron chi connectivity index (χ2n) is 4.49. The Kier molecular flexibility index (Phi) is 4.39. The molecule has 0 aliphatic carbocycles. The zero-order valence-corrected chi connectivity index (χ0v) is 14.6. The molecule has 0 saturated carbocycles. The van der Waals surface area contributed by atoms with E-state index in [1.165, 1.54) is 21.6 Å². The largest absolute Gasteiger partial charge is 0.132 e. The first-order valence-electron chi connectivity index (χ1n) is 6.29. The van der Waals surface area contributed by atoms with Gasteiger partial charge in [0.25, 0.3) is 0 Å². The molecule has 0 aliphatic heterocycles. The van der Waals surface area contributed by atoms with Gasteiger partial charge in [0.15, 0.2) is 0 Å². The van der Waals surface area contributed by atoms with Crippen molar-refractivity contribution < 1.29 is 0 Å². The van der Waals surface area contributed by atoms with E-state index in [4.69, 9.17) is 0 Å². The summed E-state index contributed by atoms with van der Waals surface area (Å²) in [4.78, 5) is 1.56. The smallest absolute Gasteiger partial charge is 0.0738 e. The van der Waals surface area contributed by atoms with Crippen molar-refractivity contribution in [2.75, 3.05) is 0 Å². The molecule has 100 valence electrons. The molecule has 0 saturated heterocycles. The van der Waals surface area contributed by atoms with Crippen molar-refractivity contribution in [1.29, 1.82) is 0 Å². The molecule has 3 aromatic rings. The molecule has 3 rings (SSSR count). The lowest BCUT2D eigenvalue weighted by molar-refractivity contribution is 1.23. The van der Waals surface area contributed by atoms with Gasteiger partial charge in [-0.15, -0.1) is 11.3 Å². The van der Waals surface area contributed by atoms with Gasteiger partial charge in [-0.2, -0.15) is 0 Å². The summed E-state index contributed by atoms with van der Waals surface area (Å²) >= 11 is 9.05. The van der Waals surface area contributed by atoms with Gasteiger partial charge in [0.05, 0.1) is 8.61 Å². The number of alkyl halides is 1. The predicted octanol–water partition coefficient (Wildman–Crippen LogP) is 6.66. The van der Waals surface area contributed by atoms with Crippen LogP contribution in [0.25, 0.3) is 11.1 Å². The van der Waals surface area contributed by atoms with Gasteiger partial charge in [0.2, 0.25) is 0 Å². The Labute approximate surface area is 139 Å². The molecule has 0 bridgehead atoms. The van der Waals surface area contributed by atoms with Crippen LogP contribution in [0.15, 0.2) is 70.5 Å². The Morgan fingerprint density at radius 1 is 0.750 bits per heavy atom. The molecule has 0 nitrogen and oxygen atoms in total. The van der Waals surface area contributed by atoms with E-state index in [0.717, 1.165) is 3.79 Å². The van der Waals surface area contributed by atoms with Gasteiger partial charge in [-0.1, -0.05) is 70.5 Å². The molecule has 0 fully saturated rings. The number of benzene rings is 2. The third-order valence-corrected chi connectivity index (χ3v) is 6.17. The Hall–Kier alpha value is -0.900. The summed E-state index contributed by atoms with van der Waals surface area (Å²) in [7, 11) is 0. The lowest BCUT2D eigenvalue weighted by Crippen LogP contribution is -1.89. The van der Waals surface area contributed by atoms with Crippen LogP contribution in [0.1, 0.15) is 15.3 Å². The van der Waals surface area contributed by atoms with Crippen LogP contribution < -0.4 is 0 Å². The summed E-state index contributed by atoms with van der Waals surface area (Å²) in [5.74, 6) is 0. The lowest BCUT2D eigenvalue weighted by atomic mass is 10.0. The molecular formula is C17H12Br2S. The van der Waals surface area contributed by atoms with Crippen LogP contribution in [-0.2, 0) is 0 Å². The monoisotopic (exact) mass is 406 g/mol. The van der Waals surface area contributed by atoms with Gasteiger partial charge < -0.3 is 0 Å². The standard InChI is InChI=1S/C17H12Br2S/c18-16-11-10-15(20-16)17(19)14-8-6-13(7-9-14)12-4-2-1-3-5-12/h1-11,17H. The number of thiophene rings is 1. The third kappa shape index (κ3) is 3.05. The van der Waals surface area contributed by atoms with E-state index >= 15 is 0 Å². The van der Waals surface area contributed by atoms with Crippen LogP contribution >= 0.6 is 43.2 Å². The maximum atomic E-state index is 3.78. The Bertz CT molecular complexity index is 687. The van der Waals surface area contributed by atoms with Gasteiger partial charge in [0.1, 0.15) is 0 Å². The molecule has 1 aromatic heterocycles. The van der Waals surface area contributed by atoms with Gasteiger partial charge in [0, 0.05) is 4.88 Å². The summed E-state index contributed by atoms with van der Waals surface area (Å²) in [5.41, 5.74) is 3.78. The highest BCUT2D eigenvalue weighted by Gasteiger charge is 2.12. The van der Waals surface area contributed by atoms with Crippen LogP contribution in [0.3, 0.4) is 0 Å². The zero-order chi connectivity index (χ0) is 13.9. The van der Waals surface area contributed by atoms with E-state index < -0.39 is 0 Å². The molecule has 1 unspecified atom stereocenters. The minimum atomic E-state index is 0.253. The van der Waals surface area contributed by atoms with E-state index in [1.54, 1.807) is 11.3 Å². The highest BCUT2D eigenvalue weighted by atomic mass is 79.9. The van der Waals surface area contributed by atoms with Crippen molar-refractivity contribution in [3.8, 4) is 11.1 Å². The lowest BCUT2D eigenvalue weighted by Gasteiger charge is -2.09. The van der Waals surface area contributed by atoms with Gasteiger partial charge in [-0.25, -0.2) is 0 Å². The SMILES string of the molecule is Brc1ccc(C(Br)c2ccc(-c3ccccc3)cc2)s1. The fourth-order valence-electron chi connectivity index (χ4n) is 2.10. The van der Waals surface area contributed by atoms with Gasteiger partial charge >= 0.3 is 0 Å². The highest BCUT2D eigenvalue weighted by Crippen LogP contribution is 2.37. The van der Waals surface area contributed by atoms with Crippen LogP contribution in [-0.4, -0.2) is 0 Å². The third-order valence-electron chi connectivity index (χ3n) is 3.15. The summed E-state index contributed by atoms with van der Waals surface area (Å²) in [5, 5.41) is 0. The fourth-order valence-corrected chi connectivity index (χ4v) is 4.27. The Morgan fingerprint density at radius 2 is 1.40 bits per heavy atom. The second kappa shape index (κ2) is 6.25. The summed E-state index contributed by atoms with van der Waals surface area (Å²) in [6.07, 6.45) is 0. The van der Waals surface area contributed by atoms with E-state index in [1.807, 2.05) is 6.07 Å². The van der Waals surface area contributed by atoms with Gasteiger partial charge in [-0.3, -0.25) is 0 Å². The Balaban J connectivity index is 1.86. The summed E-state index contributed by atoms with van der Waals surface area (Å²) in [6.45, 7) is 0. The minimum absolute atomic E-state index is 0.253. The first kappa shape index (κ1) is 14.1. The molecule has 0 N–H and O–H groups in total. The number of hydrogen-bond donors (Lipinski definition) is 0. The minimum Gasteiger partial charge on any atom is -0.132 e. The molecule has 2 aromatic carbocycles. The van der Waals surface area contributed by atoms with Crippen LogP contribution in [0.2, 0.25) is 0 Å². The van der Waals surface area contributed by atoms with E-state index in [2.05, 4.69) is 92.5 Å². The normalized spacial score (nSPS) is 12.3. The van der Waals surface area contributed by atoms with E-state index in [9.17, 15) is 0 Å². The van der Waals surface area contributed by atoms with Crippen molar-refractivity contribution >= 4 is 43.2 Å². The quantitative estimate of drug-likeness (QED) is 0.425. The number of halogens is 2. The Morgan fingerprint density at radius 3 is 2.00 bits per heavy atom. The van der Waals surface area contributed by atoms with Crippen LogP contribution in [0.4, 0.5) is 0 Å². The zero-order valence-electron chi connectivity index (χ0n) is 10.6.